The van der Waals surface area contributed by atoms with E-state index < -0.39 is 0 Å². The second kappa shape index (κ2) is 4.28. The van der Waals surface area contributed by atoms with Crippen molar-refractivity contribution in [2.45, 2.75) is 9.10 Å². The lowest BCUT2D eigenvalue weighted by Gasteiger charge is -1.95. The molecule has 0 fully saturated rings. The number of hydrogen-bond donors (Lipinski definition) is 0. The zero-order chi connectivity index (χ0) is 8.27. The maximum Gasteiger partial charge on any atom is 0.188 e. The van der Waals surface area contributed by atoms with Gasteiger partial charge in [0.05, 0.1) is 16.2 Å². The molecule has 62 valence electrons. The molecule has 0 N–H and O–H groups in total. The lowest BCUT2D eigenvalue weighted by molar-refractivity contribution is 0.418. The molecule has 0 amide bonds. The summed E-state index contributed by atoms with van der Waals surface area (Å²) in [5.41, 5.74) is 0. The third-order valence-corrected chi connectivity index (χ3v) is 4.28. The average Bonchev–Trinajstić information content (AvgIpc) is 2.46. The fourth-order valence-corrected chi connectivity index (χ4v) is 3.13. The molecule has 0 aliphatic rings. The maximum absolute atomic E-state index is 5.20. The Morgan fingerprint density at radius 1 is 1.36 bits per heavy atom. The van der Waals surface area contributed by atoms with E-state index in [4.69, 9.17) is 4.74 Å². The van der Waals surface area contributed by atoms with Gasteiger partial charge in [0.1, 0.15) is 0 Å². The van der Waals surface area contributed by atoms with Gasteiger partial charge in [-0.3, -0.25) is 0 Å². The van der Waals surface area contributed by atoms with E-state index in [2.05, 4.69) is 18.6 Å². The molecular formula is C7H10OS3. The summed E-state index contributed by atoms with van der Waals surface area (Å²) >= 11 is 5.19. The monoisotopic (exact) mass is 206 g/mol. The van der Waals surface area contributed by atoms with Crippen molar-refractivity contribution in [3.8, 4) is 5.06 Å². The quantitative estimate of drug-likeness (QED) is 0.703. The number of hydrogen-bond acceptors (Lipinski definition) is 4. The molecule has 0 saturated heterocycles. The Hall–Kier alpha value is 0.200. The molecule has 0 aliphatic heterocycles. The molecule has 1 heterocycles. The van der Waals surface area contributed by atoms with Crippen molar-refractivity contribution in [3.63, 3.8) is 0 Å². The Morgan fingerprint density at radius 2 is 2.09 bits per heavy atom. The third kappa shape index (κ3) is 2.07. The van der Waals surface area contributed by atoms with Crippen LogP contribution < -0.4 is 4.74 Å². The van der Waals surface area contributed by atoms with Gasteiger partial charge in [-0.15, -0.1) is 23.5 Å². The molecule has 1 rings (SSSR count). The summed E-state index contributed by atoms with van der Waals surface area (Å²) < 4.78 is 6.51. The number of thiophene rings is 1. The van der Waals surface area contributed by atoms with Crippen LogP contribution in [0.3, 0.4) is 0 Å². The van der Waals surface area contributed by atoms with E-state index in [0.29, 0.717) is 0 Å². The lowest BCUT2D eigenvalue weighted by Crippen LogP contribution is -1.77. The minimum atomic E-state index is 1.03. The van der Waals surface area contributed by atoms with E-state index >= 15 is 0 Å². The predicted molar refractivity (Wildman–Crippen MR) is 54.4 cm³/mol. The molecule has 0 spiro atoms. The molecule has 0 saturated carbocycles. The van der Waals surface area contributed by atoms with Crippen molar-refractivity contribution in [2.75, 3.05) is 19.6 Å². The highest BCUT2D eigenvalue weighted by atomic mass is 32.2. The Morgan fingerprint density at radius 3 is 2.45 bits per heavy atom. The van der Waals surface area contributed by atoms with Gasteiger partial charge in [-0.25, -0.2) is 0 Å². The summed E-state index contributed by atoms with van der Waals surface area (Å²) in [5, 5.41) is 1.03. The highest BCUT2D eigenvalue weighted by molar-refractivity contribution is 8.01. The first kappa shape index (κ1) is 9.29. The van der Waals surface area contributed by atoms with Crippen molar-refractivity contribution < 1.29 is 4.74 Å². The van der Waals surface area contributed by atoms with Crippen LogP contribution in [0.2, 0.25) is 0 Å². The van der Waals surface area contributed by atoms with Crippen LogP contribution in [-0.2, 0) is 0 Å². The van der Waals surface area contributed by atoms with Gasteiger partial charge >= 0.3 is 0 Å². The Bertz CT molecular complexity index is 210. The molecule has 0 radical (unpaired) electrons. The highest BCUT2D eigenvalue weighted by Crippen LogP contribution is 2.40. The zero-order valence-corrected chi connectivity index (χ0v) is 9.16. The fourth-order valence-electron chi connectivity index (χ4n) is 0.722. The van der Waals surface area contributed by atoms with Crippen LogP contribution in [-0.4, -0.2) is 19.6 Å². The molecule has 0 aromatic carbocycles. The topological polar surface area (TPSA) is 9.23 Å². The summed E-state index contributed by atoms with van der Waals surface area (Å²) in [6.45, 7) is 0. The summed E-state index contributed by atoms with van der Waals surface area (Å²) in [5.74, 6) is 0. The van der Waals surface area contributed by atoms with Gasteiger partial charge in [0.25, 0.3) is 0 Å². The van der Waals surface area contributed by atoms with E-state index in [-0.39, 0.29) is 0 Å². The first-order chi connectivity index (χ1) is 5.31. The van der Waals surface area contributed by atoms with Crippen molar-refractivity contribution in [1.82, 2.24) is 0 Å². The van der Waals surface area contributed by atoms with Crippen LogP contribution in [0.4, 0.5) is 0 Å². The van der Waals surface area contributed by atoms with Crippen LogP contribution in [0.1, 0.15) is 0 Å². The molecule has 0 bridgehead atoms. The Balaban J connectivity index is 2.92. The molecule has 11 heavy (non-hydrogen) atoms. The minimum Gasteiger partial charge on any atom is -0.486 e. The third-order valence-electron chi connectivity index (χ3n) is 1.25. The van der Waals surface area contributed by atoms with Crippen LogP contribution in [0.15, 0.2) is 15.2 Å². The fraction of sp³-hybridized carbons (Fsp3) is 0.429. The molecule has 4 heteroatoms. The van der Waals surface area contributed by atoms with Crippen LogP contribution >= 0.6 is 34.9 Å². The molecular weight excluding hydrogens is 196 g/mol. The maximum atomic E-state index is 5.20. The first-order valence-corrected chi connectivity index (χ1v) is 6.34. The number of thioether (sulfide) groups is 2. The van der Waals surface area contributed by atoms with Gasteiger partial charge < -0.3 is 4.74 Å². The van der Waals surface area contributed by atoms with Gasteiger partial charge in [0.2, 0.25) is 0 Å². The predicted octanol–water partition coefficient (Wildman–Crippen LogP) is 3.20. The van der Waals surface area contributed by atoms with Crippen molar-refractivity contribution in [3.05, 3.63) is 6.07 Å². The van der Waals surface area contributed by atoms with Crippen LogP contribution in [0, 0.1) is 0 Å². The summed E-state index contributed by atoms with van der Waals surface area (Å²) in [4.78, 5) is 1.24. The Labute approximate surface area is 79.5 Å². The normalized spacial score (nSPS) is 10.1. The van der Waals surface area contributed by atoms with Gasteiger partial charge in [0.15, 0.2) is 5.06 Å². The standard InChI is InChI=1S/C7H10OS3/c1-8-7-5(9-2)4-6(10-3)11-7/h4H,1-3H3. The van der Waals surface area contributed by atoms with Gasteiger partial charge in [0, 0.05) is 0 Å². The SMILES string of the molecule is COc1sc(SC)cc1SC. The Kier molecular flexibility index (Phi) is 3.62. The largest absolute Gasteiger partial charge is 0.486 e. The number of rotatable bonds is 3. The molecule has 1 aromatic rings. The van der Waals surface area contributed by atoms with Crippen molar-refractivity contribution in [2.24, 2.45) is 0 Å². The highest BCUT2D eigenvalue weighted by Gasteiger charge is 2.06. The van der Waals surface area contributed by atoms with Gasteiger partial charge in [-0.05, 0) is 18.6 Å². The van der Waals surface area contributed by atoms with E-state index in [1.807, 2.05) is 0 Å². The lowest BCUT2D eigenvalue weighted by atomic mass is 10.6. The molecule has 0 aliphatic carbocycles. The van der Waals surface area contributed by atoms with Gasteiger partial charge in [-0.1, -0.05) is 11.3 Å². The van der Waals surface area contributed by atoms with E-state index in [1.165, 1.54) is 9.10 Å². The molecule has 1 aromatic heterocycles. The zero-order valence-electron chi connectivity index (χ0n) is 6.71. The minimum absolute atomic E-state index is 1.03. The second-order valence-electron chi connectivity index (χ2n) is 1.83. The van der Waals surface area contributed by atoms with E-state index in [1.54, 1.807) is 42.0 Å². The van der Waals surface area contributed by atoms with E-state index in [9.17, 15) is 0 Å². The average molecular weight is 206 g/mol. The van der Waals surface area contributed by atoms with E-state index in [0.717, 1.165) is 5.06 Å². The smallest absolute Gasteiger partial charge is 0.188 e. The number of methoxy groups -OCH3 is 1. The second-order valence-corrected chi connectivity index (χ2v) is 4.80. The first-order valence-electron chi connectivity index (χ1n) is 3.07. The number of ether oxygens (including phenoxy) is 1. The van der Waals surface area contributed by atoms with Crippen molar-refractivity contribution >= 4 is 34.9 Å². The van der Waals surface area contributed by atoms with Crippen molar-refractivity contribution in [1.29, 1.82) is 0 Å². The van der Waals surface area contributed by atoms with Crippen LogP contribution in [0.5, 0.6) is 5.06 Å². The summed E-state index contributed by atoms with van der Waals surface area (Å²) in [6.07, 6.45) is 4.14. The molecule has 1 nitrogen and oxygen atoms in total. The molecule has 0 atom stereocenters. The summed E-state index contributed by atoms with van der Waals surface area (Å²) in [6, 6.07) is 2.17. The van der Waals surface area contributed by atoms with Crippen LogP contribution in [0.25, 0.3) is 0 Å². The molecule has 0 unspecified atom stereocenters. The van der Waals surface area contributed by atoms with Gasteiger partial charge in [-0.2, -0.15) is 0 Å². The summed E-state index contributed by atoms with van der Waals surface area (Å²) in [7, 11) is 1.72.